The summed E-state index contributed by atoms with van der Waals surface area (Å²) in [6.45, 7) is 24.7. The van der Waals surface area contributed by atoms with Gasteiger partial charge in [-0.25, -0.2) is 16.8 Å². The van der Waals surface area contributed by atoms with Crippen LogP contribution in [0.4, 0.5) is 0 Å². The standard InChI is InChI=1S/C34H37NO5S.C30H29BrO4S.C4H9NO.CH4/c1-23-18-27(19-24(2)26(23)4)28-20-25(3)34(29(21-28)22-35-14-16-39-17-15-35)40-31-8-12-33(13-9-31)41(36,37)32-10-6-30(38-5)7-11-32;1-19-14-23(15-20(2)22(19)4)24-16-21(3)30(25(17-24)18-31)35-27-8-12-29(13-9-27)36(32,33)28-10-6-26(34-5)7-11-28;1-3-6-4-2-5-1;/h6-13,18-21H,14-17,22H2,1-5H3;6-17H,18H2,1-5H3;5H,1-4H2;1H4. The van der Waals surface area contributed by atoms with Crippen LogP contribution >= 0.6 is 15.9 Å². The maximum absolute atomic E-state index is 13.2. The molecule has 84 heavy (non-hydrogen) atoms. The van der Waals surface area contributed by atoms with E-state index in [0.717, 1.165) is 104 Å². The topological polar surface area (TPSA) is 139 Å². The van der Waals surface area contributed by atoms with E-state index < -0.39 is 19.7 Å². The molecule has 0 spiro atoms. The second kappa shape index (κ2) is 29.3. The summed E-state index contributed by atoms with van der Waals surface area (Å²) in [7, 11) is -4.21. The molecule has 12 nitrogen and oxygen atoms in total. The number of alkyl halides is 1. The minimum absolute atomic E-state index is 0. The van der Waals surface area contributed by atoms with E-state index in [1.807, 2.05) is 6.92 Å². The van der Waals surface area contributed by atoms with Crippen LogP contribution in [0.25, 0.3) is 22.3 Å². The minimum atomic E-state index is -3.67. The lowest BCUT2D eigenvalue weighted by Gasteiger charge is -2.28. The number of methoxy groups -OCH3 is 2. The van der Waals surface area contributed by atoms with Crippen LogP contribution in [-0.4, -0.2) is 88.6 Å². The Balaban J connectivity index is 0.000000218. The predicted octanol–water partition coefficient (Wildman–Crippen LogP) is 15.4. The number of hydrogen-bond donors (Lipinski definition) is 1. The summed E-state index contributed by atoms with van der Waals surface area (Å²) >= 11 is 3.61. The molecular weight excluding hydrogens is 1160 g/mol. The molecule has 2 aliphatic rings. The fraction of sp³-hybridized carbons (Fsp3) is 0.304. The van der Waals surface area contributed by atoms with Crippen LogP contribution in [0.1, 0.15) is 63.1 Å². The normalized spacial score (nSPS) is 13.5. The summed E-state index contributed by atoms with van der Waals surface area (Å²) in [5, 5.41) is 3.79. The highest BCUT2D eigenvalue weighted by Gasteiger charge is 2.22. The molecule has 444 valence electrons. The summed E-state index contributed by atoms with van der Waals surface area (Å²) < 4.78 is 86.0. The van der Waals surface area contributed by atoms with E-state index in [9.17, 15) is 16.8 Å². The van der Waals surface area contributed by atoms with Crippen LogP contribution in [-0.2, 0) is 41.0 Å². The molecule has 0 atom stereocenters. The van der Waals surface area contributed by atoms with Crippen molar-refractivity contribution in [1.29, 1.82) is 0 Å². The monoisotopic (exact) mass is 1240 g/mol. The van der Waals surface area contributed by atoms with Crippen molar-refractivity contribution < 1.29 is 45.3 Å². The fourth-order valence-electron chi connectivity index (χ4n) is 9.85. The third-order valence-electron chi connectivity index (χ3n) is 15.2. The van der Waals surface area contributed by atoms with Crippen LogP contribution in [0.2, 0.25) is 0 Å². The van der Waals surface area contributed by atoms with Gasteiger partial charge in [0.15, 0.2) is 0 Å². The molecule has 0 saturated carbocycles. The van der Waals surface area contributed by atoms with E-state index >= 15 is 0 Å². The van der Waals surface area contributed by atoms with Gasteiger partial charge in [0, 0.05) is 49.2 Å². The zero-order valence-electron chi connectivity index (χ0n) is 49.2. The maximum Gasteiger partial charge on any atom is 0.206 e. The number of benzene rings is 8. The Labute approximate surface area is 507 Å². The van der Waals surface area contributed by atoms with Gasteiger partial charge in [-0.3, -0.25) is 4.90 Å². The van der Waals surface area contributed by atoms with Crippen LogP contribution in [0.15, 0.2) is 165 Å². The third-order valence-corrected chi connectivity index (χ3v) is 19.3. The van der Waals surface area contributed by atoms with E-state index in [-0.39, 0.29) is 27.0 Å². The van der Waals surface area contributed by atoms with E-state index in [1.54, 1.807) is 111 Å². The first-order valence-corrected chi connectivity index (χ1v) is 31.8. The van der Waals surface area contributed by atoms with Crippen molar-refractivity contribution in [2.75, 3.05) is 66.8 Å². The Bertz CT molecular complexity index is 3690. The lowest BCUT2D eigenvalue weighted by molar-refractivity contribution is 0.0339. The molecule has 2 saturated heterocycles. The van der Waals surface area contributed by atoms with Gasteiger partial charge in [-0.2, -0.15) is 0 Å². The summed E-state index contributed by atoms with van der Waals surface area (Å²) in [5.41, 5.74) is 16.5. The maximum atomic E-state index is 13.2. The number of halogens is 1. The molecular formula is C69H79BrN2O10S2. The molecule has 0 unspecified atom stereocenters. The van der Waals surface area contributed by atoms with Crippen LogP contribution < -0.4 is 24.3 Å². The van der Waals surface area contributed by atoms with Crippen molar-refractivity contribution in [3.63, 3.8) is 0 Å². The number of rotatable bonds is 15. The highest BCUT2D eigenvalue weighted by molar-refractivity contribution is 9.08. The van der Waals surface area contributed by atoms with Gasteiger partial charge in [-0.1, -0.05) is 47.6 Å². The quantitative estimate of drug-likeness (QED) is 0.0978. The van der Waals surface area contributed by atoms with Gasteiger partial charge < -0.3 is 33.7 Å². The molecule has 2 fully saturated rings. The molecule has 0 aromatic heterocycles. The van der Waals surface area contributed by atoms with Crippen LogP contribution in [0, 0.1) is 55.4 Å². The molecule has 0 aliphatic carbocycles. The Morgan fingerprint density at radius 1 is 0.440 bits per heavy atom. The average Bonchev–Trinajstić information content (AvgIpc) is 3.57. The smallest absolute Gasteiger partial charge is 0.206 e. The minimum Gasteiger partial charge on any atom is -0.497 e. The van der Waals surface area contributed by atoms with Gasteiger partial charge in [0.1, 0.15) is 34.5 Å². The molecule has 8 aromatic rings. The SMILES string of the molecule is C.C1COCCN1.COc1ccc(S(=O)(=O)c2ccc(Oc3c(C)cc(-c4cc(C)c(C)c(C)c4)cc3CBr)cc2)cc1.COc1ccc(S(=O)(=O)c2ccc(Oc3c(C)cc(-c4cc(C)c(C)c(C)c4)cc3CN3CCOCC3)cc2)cc1. The fourth-order valence-corrected chi connectivity index (χ4v) is 12.8. The Morgan fingerprint density at radius 3 is 1.07 bits per heavy atom. The Kier molecular flexibility index (Phi) is 22.6. The highest BCUT2D eigenvalue weighted by Crippen LogP contribution is 2.39. The average molecular weight is 1240 g/mol. The van der Waals surface area contributed by atoms with E-state index in [2.05, 4.69) is 123 Å². The van der Waals surface area contributed by atoms with Crippen LogP contribution in [0.3, 0.4) is 0 Å². The van der Waals surface area contributed by atoms with Crippen molar-refractivity contribution in [3.05, 3.63) is 201 Å². The molecule has 1 N–H and O–H groups in total. The lowest BCUT2D eigenvalue weighted by atomic mass is 9.94. The first-order valence-electron chi connectivity index (χ1n) is 27.7. The third kappa shape index (κ3) is 15.9. The number of nitrogens with one attached hydrogen (secondary N) is 1. The zero-order valence-corrected chi connectivity index (χ0v) is 52.4. The van der Waals surface area contributed by atoms with Gasteiger partial charge in [-0.05, 0) is 243 Å². The molecule has 2 aliphatic heterocycles. The van der Waals surface area contributed by atoms with E-state index in [4.69, 9.17) is 28.4 Å². The molecule has 2 heterocycles. The molecule has 0 amide bonds. The van der Waals surface area contributed by atoms with Crippen molar-refractivity contribution >= 4 is 35.6 Å². The molecule has 15 heteroatoms. The Morgan fingerprint density at radius 2 is 0.750 bits per heavy atom. The largest absolute Gasteiger partial charge is 0.497 e. The van der Waals surface area contributed by atoms with Crippen LogP contribution in [0.5, 0.6) is 34.5 Å². The number of morpholine rings is 2. The second-order valence-electron chi connectivity index (χ2n) is 20.9. The summed E-state index contributed by atoms with van der Waals surface area (Å²) in [5.74, 6) is 3.93. The van der Waals surface area contributed by atoms with Gasteiger partial charge in [0.05, 0.1) is 60.2 Å². The van der Waals surface area contributed by atoms with E-state index in [0.29, 0.717) is 28.3 Å². The first-order chi connectivity index (χ1) is 39.8. The summed E-state index contributed by atoms with van der Waals surface area (Å²) in [4.78, 5) is 3.23. The molecule has 0 bridgehead atoms. The van der Waals surface area contributed by atoms with Crippen molar-refractivity contribution in [1.82, 2.24) is 10.2 Å². The number of ether oxygens (including phenoxy) is 6. The Hall–Kier alpha value is -6.82. The second-order valence-corrected chi connectivity index (χ2v) is 25.4. The molecule has 0 radical (unpaired) electrons. The number of hydrogen-bond acceptors (Lipinski definition) is 12. The van der Waals surface area contributed by atoms with Gasteiger partial charge in [0.25, 0.3) is 0 Å². The number of nitrogens with zero attached hydrogens (tertiary/aromatic N) is 1. The lowest BCUT2D eigenvalue weighted by Crippen LogP contribution is -2.35. The highest BCUT2D eigenvalue weighted by atomic mass is 79.9. The zero-order chi connectivity index (χ0) is 59.4. The molecule has 10 rings (SSSR count). The number of sulfone groups is 2. The predicted molar refractivity (Wildman–Crippen MR) is 341 cm³/mol. The number of aryl methyl sites for hydroxylation is 6. The van der Waals surface area contributed by atoms with Crippen molar-refractivity contribution in [2.24, 2.45) is 0 Å². The van der Waals surface area contributed by atoms with Gasteiger partial charge in [0.2, 0.25) is 19.7 Å². The first kappa shape index (κ1) is 64.7. The molecule has 8 aromatic carbocycles. The van der Waals surface area contributed by atoms with Gasteiger partial charge in [-0.15, -0.1) is 0 Å². The summed E-state index contributed by atoms with van der Waals surface area (Å²) in [6, 6.07) is 43.5. The van der Waals surface area contributed by atoms with Crippen molar-refractivity contribution in [2.45, 2.75) is 94.3 Å². The van der Waals surface area contributed by atoms with E-state index in [1.165, 1.54) is 44.5 Å². The summed E-state index contributed by atoms with van der Waals surface area (Å²) in [6.07, 6.45) is 0. The van der Waals surface area contributed by atoms with Gasteiger partial charge >= 0.3 is 0 Å². The van der Waals surface area contributed by atoms with Crippen molar-refractivity contribution in [3.8, 4) is 56.8 Å².